The van der Waals surface area contributed by atoms with Gasteiger partial charge in [-0.15, -0.1) is 0 Å². The molecule has 2 N–H and O–H groups in total. The summed E-state index contributed by atoms with van der Waals surface area (Å²) in [5.74, 6) is 2.17. The Morgan fingerprint density at radius 1 is 1.39 bits per heavy atom. The van der Waals surface area contributed by atoms with Crippen molar-refractivity contribution in [1.82, 2.24) is 5.16 Å². The molecule has 94 valence electrons. The van der Waals surface area contributed by atoms with Crippen molar-refractivity contribution in [2.75, 3.05) is 24.3 Å². The molecule has 5 nitrogen and oxygen atoms in total. The number of aromatic nitrogens is 1. The quantitative estimate of drug-likeness (QED) is 0.893. The summed E-state index contributed by atoms with van der Waals surface area (Å²) in [4.78, 5) is 2.10. The highest BCUT2D eigenvalue weighted by Crippen LogP contribution is 2.29. The van der Waals surface area contributed by atoms with Crippen LogP contribution in [0.25, 0.3) is 0 Å². The molecule has 1 aromatic carbocycles. The van der Waals surface area contributed by atoms with Crippen LogP contribution in [0, 0.1) is 0 Å². The van der Waals surface area contributed by atoms with E-state index in [1.807, 2.05) is 19.2 Å². The number of nitrogen functional groups attached to an aromatic ring is 1. The SMILES string of the molecule is CN(Cc1cc(N)no1)c1ccc2c(c1)CCO2. The van der Waals surface area contributed by atoms with Gasteiger partial charge in [0.05, 0.1) is 13.2 Å². The first-order valence-electron chi connectivity index (χ1n) is 5.90. The number of fused-ring (bicyclic) bond motifs is 1. The zero-order valence-electron chi connectivity index (χ0n) is 10.2. The summed E-state index contributed by atoms with van der Waals surface area (Å²) in [6.45, 7) is 1.42. The monoisotopic (exact) mass is 245 g/mol. The molecule has 18 heavy (non-hydrogen) atoms. The minimum atomic E-state index is 0.417. The molecule has 0 radical (unpaired) electrons. The van der Waals surface area contributed by atoms with Gasteiger partial charge in [-0.2, -0.15) is 0 Å². The number of anilines is 2. The van der Waals surface area contributed by atoms with Crippen molar-refractivity contribution in [3.8, 4) is 5.75 Å². The van der Waals surface area contributed by atoms with Crippen LogP contribution in [0.4, 0.5) is 11.5 Å². The predicted octanol–water partition coefficient (Wildman–Crippen LogP) is 1.83. The Balaban J connectivity index is 1.78. The Labute approximate surface area is 105 Å². The standard InChI is InChI=1S/C13H15N3O2/c1-16(8-11-7-13(14)15-18-11)10-2-3-12-9(6-10)4-5-17-12/h2-3,6-7H,4-5,8H2,1H3,(H2,14,15). The summed E-state index contributed by atoms with van der Waals surface area (Å²) in [5, 5.41) is 3.68. The molecule has 1 aliphatic rings. The maximum Gasteiger partial charge on any atom is 0.167 e. The van der Waals surface area contributed by atoms with Crippen molar-refractivity contribution in [3.63, 3.8) is 0 Å². The fourth-order valence-electron chi connectivity index (χ4n) is 2.14. The van der Waals surface area contributed by atoms with Gasteiger partial charge in [-0.1, -0.05) is 5.16 Å². The predicted molar refractivity (Wildman–Crippen MR) is 68.7 cm³/mol. The van der Waals surface area contributed by atoms with Gasteiger partial charge in [0.1, 0.15) is 5.75 Å². The lowest BCUT2D eigenvalue weighted by Gasteiger charge is -2.18. The number of ether oxygens (including phenoxy) is 1. The minimum absolute atomic E-state index is 0.417. The summed E-state index contributed by atoms with van der Waals surface area (Å²) in [5.41, 5.74) is 7.92. The van der Waals surface area contributed by atoms with Crippen LogP contribution >= 0.6 is 0 Å². The number of nitrogens with zero attached hydrogens (tertiary/aromatic N) is 2. The van der Waals surface area contributed by atoms with Gasteiger partial charge in [0.2, 0.25) is 0 Å². The lowest BCUT2D eigenvalue weighted by Crippen LogP contribution is -2.15. The number of hydrogen-bond donors (Lipinski definition) is 1. The summed E-state index contributed by atoms with van der Waals surface area (Å²) in [6, 6.07) is 7.96. The average Bonchev–Trinajstić information content (AvgIpc) is 2.96. The third-order valence-corrected chi connectivity index (χ3v) is 3.08. The highest BCUT2D eigenvalue weighted by Gasteiger charge is 2.14. The van der Waals surface area contributed by atoms with E-state index in [0.29, 0.717) is 12.4 Å². The molecular formula is C13H15N3O2. The van der Waals surface area contributed by atoms with Gasteiger partial charge >= 0.3 is 0 Å². The summed E-state index contributed by atoms with van der Waals surface area (Å²) >= 11 is 0. The molecule has 5 heteroatoms. The van der Waals surface area contributed by atoms with Gasteiger partial charge < -0.3 is 19.9 Å². The average molecular weight is 245 g/mol. The van der Waals surface area contributed by atoms with Gasteiger partial charge in [-0.3, -0.25) is 0 Å². The maximum absolute atomic E-state index is 5.53. The number of benzene rings is 1. The van der Waals surface area contributed by atoms with E-state index in [1.165, 1.54) is 5.56 Å². The third kappa shape index (κ3) is 1.99. The second-order valence-electron chi connectivity index (χ2n) is 4.46. The first kappa shape index (κ1) is 11.0. The fourth-order valence-corrected chi connectivity index (χ4v) is 2.14. The van der Waals surface area contributed by atoms with Crippen LogP contribution in [-0.4, -0.2) is 18.8 Å². The smallest absolute Gasteiger partial charge is 0.167 e. The van der Waals surface area contributed by atoms with E-state index < -0.39 is 0 Å². The normalized spacial score (nSPS) is 13.2. The van der Waals surface area contributed by atoms with E-state index in [-0.39, 0.29) is 0 Å². The van der Waals surface area contributed by atoms with E-state index >= 15 is 0 Å². The van der Waals surface area contributed by atoms with Gasteiger partial charge in [0, 0.05) is 25.2 Å². The van der Waals surface area contributed by atoms with Crippen molar-refractivity contribution in [2.24, 2.45) is 0 Å². The van der Waals surface area contributed by atoms with Crippen LogP contribution in [-0.2, 0) is 13.0 Å². The molecule has 0 fully saturated rings. The van der Waals surface area contributed by atoms with Crippen LogP contribution in [0.2, 0.25) is 0 Å². The van der Waals surface area contributed by atoms with Crippen LogP contribution in [0.15, 0.2) is 28.8 Å². The lowest BCUT2D eigenvalue weighted by atomic mass is 10.1. The Morgan fingerprint density at radius 2 is 2.28 bits per heavy atom. The number of rotatable bonds is 3. The number of hydrogen-bond acceptors (Lipinski definition) is 5. The number of nitrogens with two attached hydrogens (primary N) is 1. The third-order valence-electron chi connectivity index (χ3n) is 3.08. The van der Waals surface area contributed by atoms with Crippen molar-refractivity contribution < 1.29 is 9.26 Å². The molecule has 0 spiro atoms. The first-order valence-corrected chi connectivity index (χ1v) is 5.90. The van der Waals surface area contributed by atoms with Crippen molar-refractivity contribution in [3.05, 3.63) is 35.6 Å². The van der Waals surface area contributed by atoms with Crippen molar-refractivity contribution in [1.29, 1.82) is 0 Å². The van der Waals surface area contributed by atoms with Crippen LogP contribution in [0.5, 0.6) is 5.75 Å². The highest BCUT2D eigenvalue weighted by molar-refractivity contribution is 5.54. The molecule has 1 aliphatic heterocycles. The second-order valence-corrected chi connectivity index (χ2v) is 4.46. The van der Waals surface area contributed by atoms with E-state index in [9.17, 15) is 0 Å². The molecule has 2 aromatic rings. The largest absolute Gasteiger partial charge is 0.493 e. The molecular weight excluding hydrogens is 230 g/mol. The topological polar surface area (TPSA) is 64.5 Å². The van der Waals surface area contributed by atoms with E-state index in [1.54, 1.807) is 6.07 Å². The Hall–Kier alpha value is -2.17. The zero-order valence-corrected chi connectivity index (χ0v) is 10.2. The lowest BCUT2D eigenvalue weighted by molar-refractivity contribution is 0.357. The fraction of sp³-hybridized carbons (Fsp3) is 0.308. The van der Waals surface area contributed by atoms with Crippen LogP contribution in [0.3, 0.4) is 0 Å². The summed E-state index contributed by atoms with van der Waals surface area (Å²) < 4.78 is 10.6. The van der Waals surface area contributed by atoms with Gasteiger partial charge in [0.25, 0.3) is 0 Å². The van der Waals surface area contributed by atoms with Crippen LogP contribution < -0.4 is 15.4 Å². The van der Waals surface area contributed by atoms with Crippen LogP contribution in [0.1, 0.15) is 11.3 Å². The summed E-state index contributed by atoms with van der Waals surface area (Å²) in [6.07, 6.45) is 0.978. The molecule has 0 bridgehead atoms. The molecule has 0 aliphatic carbocycles. The van der Waals surface area contributed by atoms with E-state index in [0.717, 1.165) is 30.2 Å². The second kappa shape index (κ2) is 4.25. The molecule has 0 saturated carbocycles. The molecule has 0 unspecified atom stereocenters. The highest BCUT2D eigenvalue weighted by atomic mass is 16.5. The maximum atomic E-state index is 5.53. The van der Waals surface area contributed by atoms with E-state index in [4.69, 9.17) is 15.0 Å². The van der Waals surface area contributed by atoms with Gasteiger partial charge in [-0.25, -0.2) is 0 Å². The first-order chi connectivity index (χ1) is 8.72. The Bertz CT molecular complexity index is 565. The van der Waals surface area contributed by atoms with Gasteiger partial charge in [-0.05, 0) is 23.8 Å². The molecule has 0 saturated heterocycles. The zero-order chi connectivity index (χ0) is 12.5. The van der Waals surface area contributed by atoms with Crippen molar-refractivity contribution >= 4 is 11.5 Å². The molecule has 0 atom stereocenters. The van der Waals surface area contributed by atoms with Gasteiger partial charge in [0.15, 0.2) is 11.6 Å². The molecule has 2 heterocycles. The summed E-state index contributed by atoms with van der Waals surface area (Å²) in [7, 11) is 2.01. The Kier molecular flexibility index (Phi) is 2.59. The van der Waals surface area contributed by atoms with E-state index in [2.05, 4.69) is 16.1 Å². The molecule has 3 rings (SSSR count). The van der Waals surface area contributed by atoms with Crippen molar-refractivity contribution in [2.45, 2.75) is 13.0 Å². The Morgan fingerprint density at radius 3 is 3.06 bits per heavy atom. The molecule has 0 amide bonds. The molecule has 1 aromatic heterocycles. The minimum Gasteiger partial charge on any atom is -0.493 e.